The first-order valence-corrected chi connectivity index (χ1v) is 8.43. The summed E-state index contributed by atoms with van der Waals surface area (Å²) in [5.74, 6) is 0.379. The molecule has 0 spiro atoms. The molecular formula is C17H22N6O2. The van der Waals surface area contributed by atoms with Crippen LogP contribution in [0.5, 0.6) is 0 Å². The second-order valence-corrected chi connectivity index (χ2v) is 6.58. The number of rotatable bonds is 4. The minimum atomic E-state index is -0.223. The van der Waals surface area contributed by atoms with Gasteiger partial charge in [-0.1, -0.05) is 6.92 Å². The Labute approximate surface area is 146 Å². The number of hydrogen-bond donors (Lipinski definition) is 1. The van der Waals surface area contributed by atoms with Gasteiger partial charge in [-0.25, -0.2) is 4.68 Å². The van der Waals surface area contributed by atoms with Crippen molar-refractivity contribution < 1.29 is 9.59 Å². The molecule has 0 aliphatic carbocycles. The number of hydrogen-bond acceptors (Lipinski definition) is 5. The molecule has 0 saturated carbocycles. The molecule has 1 atom stereocenters. The van der Waals surface area contributed by atoms with E-state index in [1.165, 1.54) is 17.4 Å². The molecule has 1 fully saturated rings. The van der Waals surface area contributed by atoms with Crippen molar-refractivity contribution >= 4 is 17.5 Å². The molecule has 1 aliphatic heterocycles. The summed E-state index contributed by atoms with van der Waals surface area (Å²) in [6.45, 7) is 5.71. The van der Waals surface area contributed by atoms with Gasteiger partial charge in [-0.2, -0.15) is 0 Å². The van der Waals surface area contributed by atoms with Crippen LogP contribution in [0.25, 0.3) is 0 Å². The molecule has 25 heavy (non-hydrogen) atoms. The van der Waals surface area contributed by atoms with E-state index in [9.17, 15) is 9.59 Å². The third-order valence-corrected chi connectivity index (χ3v) is 4.39. The highest BCUT2D eigenvalue weighted by atomic mass is 16.2. The fourth-order valence-electron chi connectivity index (χ4n) is 3.08. The second kappa shape index (κ2) is 7.42. The second-order valence-electron chi connectivity index (χ2n) is 6.58. The van der Waals surface area contributed by atoms with Crippen LogP contribution in [0.2, 0.25) is 0 Å². The Balaban J connectivity index is 1.66. The summed E-state index contributed by atoms with van der Waals surface area (Å²) in [4.78, 5) is 26.6. The van der Waals surface area contributed by atoms with Gasteiger partial charge < -0.3 is 10.2 Å². The zero-order chi connectivity index (χ0) is 17.8. The Morgan fingerprint density at radius 1 is 1.36 bits per heavy atom. The van der Waals surface area contributed by atoms with E-state index in [1.54, 1.807) is 12.1 Å². The zero-order valence-electron chi connectivity index (χ0n) is 14.5. The van der Waals surface area contributed by atoms with Gasteiger partial charge in [-0.3, -0.25) is 9.59 Å². The van der Waals surface area contributed by atoms with Crippen LogP contribution in [0.3, 0.4) is 0 Å². The molecule has 3 rings (SSSR count). The smallest absolute Gasteiger partial charge is 0.253 e. The van der Waals surface area contributed by atoms with Crippen molar-refractivity contribution in [3.8, 4) is 0 Å². The molecule has 1 aromatic heterocycles. The van der Waals surface area contributed by atoms with E-state index in [0.717, 1.165) is 25.1 Å². The number of nitrogens with one attached hydrogen (secondary N) is 1. The minimum absolute atomic E-state index is 0.0405. The molecule has 2 heterocycles. The lowest BCUT2D eigenvalue weighted by atomic mass is 9.99. The van der Waals surface area contributed by atoms with Gasteiger partial charge in [0.25, 0.3) is 5.91 Å². The van der Waals surface area contributed by atoms with Crippen LogP contribution in [0.4, 0.5) is 5.69 Å². The Hall–Kier alpha value is -2.77. The Morgan fingerprint density at radius 3 is 2.88 bits per heavy atom. The van der Waals surface area contributed by atoms with Crippen LogP contribution in [-0.4, -0.2) is 50.0 Å². The van der Waals surface area contributed by atoms with Crippen molar-refractivity contribution in [3.05, 3.63) is 35.7 Å². The fourth-order valence-corrected chi connectivity index (χ4v) is 3.08. The molecule has 1 saturated heterocycles. The molecular weight excluding hydrogens is 320 g/mol. The summed E-state index contributed by atoms with van der Waals surface area (Å²) in [5.41, 5.74) is 2.19. The number of benzene rings is 1. The summed E-state index contributed by atoms with van der Waals surface area (Å²) in [7, 11) is 0. The zero-order valence-corrected chi connectivity index (χ0v) is 14.5. The summed E-state index contributed by atoms with van der Waals surface area (Å²) in [6, 6.07) is 5.36. The van der Waals surface area contributed by atoms with Crippen molar-refractivity contribution in [1.82, 2.24) is 25.1 Å². The third kappa shape index (κ3) is 4.20. The van der Waals surface area contributed by atoms with E-state index < -0.39 is 0 Å². The lowest BCUT2D eigenvalue weighted by Crippen LogP contribution is -2.39. The number of likely N-dealkylation sites (tertiary alicyclic amines) is 1. The average molecular weight is 342 g/mol. The fraction of sp³-hybridized carbons (Fsp3) is 0.471. The minimum Gasteiger partial charge on any atom is -0.338 e. The maximum atomic E-state index is 12.7. The molecule has 8 heteroatoms. The number of carbonyl (C=O) groups is 2. The summed E-state index contributed by atoms with van der Waals surface area (Å²) >= 11 is 0. The molecule has 2 amide bonds. The molecule has 0 bridgehead atoms. The van der Waals surface area contributed by atoms with Gasteiger partial charge >= 0.3 is 0 Å². The Morgan fingerprint density at radius 2 is 2.20 bits per heavy atom. The SMILES string of the molecule is Cc1cc(C(=O)N2CCCC(C)C2)ccc1NC(=O)Cn1cnnn1. The maximum Gasteiger partial charge on any atom is 0.253 e. The van der Waals surface area contributed by atoms with E-state index in [4.69, 9.17) is 0 Å². The van der Waals surface area contributed by atoms with Gasteiger partial charge in [0.1, 0.15) is 12.9 Å². The normalized spacial score (nSPS) is 17.4. The van der Waals surface area contributed by atoms with Gasteiger partial charge in [0.05, 0.1) is 0 Å². The standard InChI is InChI=1S/C17H22N6O2/c1-12-4-3-7-22(9-12)17(25)14-5-6-15(13(2)8-14)19-16(24)10-23-11-18-20-21-23/h5-6,8,11-12H,3-4,7,9-10H2,1-2H3,(H,19,24). The highest BCUT2D eigenvalue weighted by Gasteiger charge is 2.22. The Kier molecular flexibility index (Phi) is 5.06. The highest BCUT2D eigenvalue weighted by molar-refractivity contribution is 5.96. The van der Waals surface area contributed by atoms with E-state index in [0.29, 0.717) is 17.2 Å². The van der Waals surface area contributed by atoms with Gasteiger partial charge in [-0.05, 0) is 59.9 Å². The van der Waals surface area contributed by atoms with Crippen LogP contribution in [0.1, 0.15) is 35.7 Å². The molecule has 8 nitrogen and oxygen atoms in total. The quantitative estimate of drug-likeness (QED) is 0.909. The first-order chi connectivity index (χ1) is 12.0. The van der Waals surface area contributed by atoms with Gasteiger partial charge in [0.15, 0.2) is 0 Å². The molecule has 0 radical (unpaired) electrons. The topological polar surface area (TPSA) is 93.0 Å². The van der Waals surface area contributed by atoms with E-state index in [1.807, 2.05) is 17.9 Å². The molecule has 1 N–H and O–H groups in total. The lowest BCUT2D eigenvalue weighted by Gasteiger charge is -2.31. The van der Waals surface area contributed by atoms with Gasteiger partial charge in [-0.15, -0.1) is 5.10 Å². The lowest BCUT2D eigenvalue weighted by molar-refractivity contribution is -0.116. The predicted molar refractivity (Wildman–Crippen MR) is 91.9 cm³/mol. The van der Waals surface area contributed by atoms with Crippen molar-refractivity contribution in [3.63, 3.8) is 0 Å². The van der Waals surface area contributed by atoms with Crippen molar-refractivity contribution in [1.29, 1.82) is 0 Å². The van der Waals surface area contributed by atoms with Gasteiger partial charge in [0, 0.05) is 24.3 Å². The van der Waals surface area contributed by atoms with Crippen molar-refractivity contribution in [2.45, 2.75) is 33.2 Å². The van der Waals surface area contributed by atoms with Crippen LogP contribution < -0.4 is 5.32 Å². The number of aromatic nitrogens is 4. The number of anilines is 1. The van der Waals surface area contributed by atoms with Crippen LogP contribution in [0.15, 0.2) is 24.5 Å². The molecule has 132 valence electrons. The highest BCUT2D eigenvalue weighted by Crippen LogP contribution is 2.21. The largest absolute Gasteiger partial charge is 0.338 e. The average Bonchev–Trinajstić information content (AvgIpc) is 3.09. The first kappa shape index (κ1) is 17.1. The maximum absolute atomic E-state index is 12.7. The summed E-state index contributed by atoms with van der Waals surface area (Å²) in [5, 5.41) is 13.5. The first-order valence-electron chi connectivity index (χ1n) is 8.43. The van der Waals surface area contributed by atoms with E-state index in [-0.39, 0.29) is 18.4 Å². The molecule has 1 aromatic carbocycles. The van der Waals surface area contributed by atoms with Crippen molar-refractivity contribution in [2.75, 3.05) is 18.4 Å². The summed E-state index contributed by atoms with van der Waals surface area (Å²) < 4.78 is 1.35. The van der Waals surface area contributed by atoms with Crippen LogP contribution in [0, 0.1) is 12.8 Å². The molecule has 1 aliphatic rings. The number of aryl methyl sites for hydroxylation is 1. The van der Waals surface area contributed by atoms with E-state index in [2.05, 4.69) is 27.8 Å². The number of carbonyl (C=O) groups excluding carboxylic acids is 2. The van der Waals surface area contributed by atoms with Crippen LogP contribution in [-0.2, 0) is 11.3 Å². The third-order valence-electron chi connectivity index (χ3n) is 4.39. The number of amides is 2. The molecule has 1 unspecified atom stereocenters. The number of piperidine rings is 1. The van der Waals surface area contributed by atoms with Crippen molar-refractivity contribution in [2.24, 2.45) is 5.92 Å². The Bertz CT molecular complexity index is 759. The number of tetrazole rings is 1. The summed E-state index contributed by atoms with van der Waals surface area (Å²) in [6.07, 6.45) is 3.61. The molecule has 2 aromatic rings. The van der Waals surface area contributed by atoms with E-state index >= 15 is 0 Å². The van der Waals surface area contributed by atoms with Crippen LogP contribution >= 0.6 is 0 Å². The monoisotopic (exact) mass is 342 g/mol. The number of nitrogens with zero attached hydrogens (tertiary/aromatic N) is 5. The predicted octanol–water partition coefficient (Wildman–Crippen LogP) is 1.49. The van der Waals surface area contributed by atoms with Gasteiger partial charge in [0.2, 0.25) is 5.91 Å².